The van der Waals surface area contributed by atoms with Crippen LogP contribution >= 0.6 is 15.9 Å². The molecule has 106 valence electrons. The minimum absolute atomic E-state index is 0.487. The van der Waals surface area contributed by atoms with E-state index in [-0.39, 0.29) is 0 Å². The number of para-hydroxylation sites is 1. The summed E-state index contributed by atoms with van der Waals surface area (Å²) >= 11 is 3.55. The molecule has 5 heteroatoms. The van der Waals surface area contributed by atoms with Crippen LogP contribution in [-0.4, -0.2) is 11.2 Å². The van der Waals surface area contributed by atoms with Gasteiger partial charge in [0.25, 0.3) is 0 Å². The summed E-state index contributed by atoms with van der Waals surface area (Å²) in [6, 6.07) is 13.0. The van der Waals surface area contributed by atoms with Crippen LogP contribution < -0.4 is 5.32 Å². The van der Waals surface area contributed by atoms with Gasteiger partial charge >= 0.3 is 6.09 Å². The highest BCUT2D eigenvalue weighted by atomic mass is 79.9. The zero-order valence-corrected chi connectivity index (χ0v) is 12.8. The topological polar surface area (TPSA) is 62.5 Å². The van der Waals surface area contributed by atoms with Gasteiger partial charge in [0.15, 0.2) is 5.76 Å². The van der Waals surface area contributed by atoms with Gasteiger partial charge in [0.1, 0.15) is 5.58 Å². The van der Waals surface area contributed by atoms with Crippen molar-refractivity contribution in [1.82, 2.24) is 0 Å². The largest absolute Gasteiger partial charge is 0.465 e. The number of furan rings is 1. The van der Waals surface area contributed by atoms with Gasteiger partial charge in [-0.25, -0.2) is 4.79 Å². The van der Waals surface area contributed by atoms with Crippen molar-refractivity contribution < 1.29 is 14.3 Å². The van der Waals surface area contributed by atoms with E-state index < -0.39 is 6.09 Å². The predicted octanol–water partition coefficient (Wildman–Crippen LogP) is 5.26. The van der Waals surface area contributed by atoms with E-state index >= 15 is 0 Å². The maximum absolute atomic E-state index is 10.9. The van der Waals surface area contributed by atoms with Gasteiger partial charge in [-0.05, 0) is 47.1 Å². The second-order valence-electron chi connectivity index (χ2n) is 4.72. The number of benzene rings is 2. The minimum atomic E-state index is -1.11. The summed E-state index contributed by atoms with van der Waals surface area (Å²) in [6.45, 7) is 2.01. The molecule has 0 aliphatic carbocycles. The standard InChI is InChI=1S/C16H12BrNO3/c1-9-6-7-13-11(8-9)14(17)15(21-13)10-4-2-3-5-12(10)18-16(19)20/h2-8,18H,1H3,(H,19,20). The Kier molecular flexibility index (Phi) is 3.43. The fourth-order valence-corrected chi connectivity index (χ4v) is 2.86. The van der Waals surface area contributed by atoms with Crippen LogP contribution in [0.5, 0.6) is 0 Å². The highest BCUT2D eigenvalue weighted by Gasteiger charge is 2.17. The number of carbonyl (C=O) groups is 1. The highest BCUT2D eigenvalue weighted by molar-refractivity contribution is 9.10. The molecule has 0 saturated carbocycles. The number of fused-ring (bicyclic) bond motifs is 1. The molecular formula is C16H12BrNO3. The average Bonchev–Trinajstić information content (AvgIpc) is 2.76. The van der Waals surface area contributed by atoms with E-state index in [0.717, 1.165) is 21.0 Å². The normalized spacial score (nSPS) is 10.8. The Labute approximate surface area is 129 Å². The molecule has 4 nitrogen and oxygen atoms in total. The van der Waals surface area contributed by atoms with Crippen LogP contribution in [0.3, 0.4) is 0 Å². The third kappa shape index (κ3) is 2.52. The molecule has 0 aliphatic heterocycles. The maximum atomic E-state index is 10.9. The molecule has 1 aromatic heterocycles. The monoisotopic (exact) mass is 345 g/mol. The number of anilines is 1. The van der Waals surface area contributed by atoms with Gasteiger partial charge in [-0.1, -0.05) is 23.8 Å². The number of aryl methyl sites for hydroxylation is 1. The Bertz CT molecular complexity index is 839. The van der Waals surface area contributed by atoms with Gasteiger partial charge in [-0.3, -0.25) is 5.32 Å². The van der Waals surface area contributed by atoms with Crippen molar-refractivity contribution in [3.8, 4) is 11.3 Å². The first-order valence-corrected chi connectivity index (χ1v) is 7.13. The van der Waals surface area contributed by atoms with Crippen molar-refractivity contribution in [3.05, 3.63) is 52.5 Å². The number of carboxylic acid groups (broad SMARTS) is 1. The quantitative estimate of drug-likeness (QED) is 0.665. The molecular weight excluding hydrogens is 334 g/mol. The lowest BCUT2D eigenvalue weighted by molar-refractivity contribution is 0.210. The Morgan fingerprint density at radius 3 is 2.76 bits per heavy atom. The lowest BCUT2D eigenvalue weighted by atomic mass is 10.1. The van der Waals surface area contributed by atoms with Gasteiger partial charge in [0, 0.05) is 10.9 Å². The van der Waals surface area contributed by atoms with Crippen LogP contribution in [0.2, 0.25) is 0 Å². The lowest BCUT2D eigenvalue weighted by Gasteiger charge is -2.06. The van der Waals surface area contributed by atoms with Crippen LogP contribution in [0.25, 0.3) is 22.3 Å². The van der Waals surface area contributed by atoms with Crippen LogP contribution in [0.4, 0.5) is 10.5 Å². The van der Waals surface area contributed by atoms with Crippen LogP contribution in [-0.2, 0) is 0 Å². The molecule has 3 aromatic rings. The number of amides is 1. The van der Waals surface area contributed by atoms with Gasteiger partial charge < -0.3 is 9.52 Å². The average molecular weight is 346 g/mol. The molecule has 21 heavy (non-hydrogen) atoms. The Morgan fingerprint density at radius 1 is 1.24 bits per heavy atom. The molecule has 3 rings (SSSR count). The highest BCUT2D eigenvalue weighted by Crippen LogP contribution is 2.40. The summed E-state index contributed by atoms with van der Waals surface area (Å²) in [6.07, 6.45) is -1.11. The zero-order valence-electron chi connectivity index (χ0n) is 11.2. The molecule has 1 amide bonds. The second kappa shape index (κ2) is 5.26. The molecule has 0 spiro atoms. The second-order valence-corrected chi connectivity index (χ2v) is 5.51. The first-order valence-electron chi connectivity index (χ1n) is 6.34. The molecule has 0 aliphatic rings. The van der Waals surface area contributed by atoms with Gasteiger partial charge in [-0.15, -0.1) is 0 Å². The SMILES string of the molecule is Cc1ccc2oc(-c3ccccc3NC(=O)O)c(Br)c2c1. The van der Waals surface area contributed by atoms with Gasteiger partial charge in [0.2, 0.25) is 0 Å². The molecule has 0 bridgehead atoms. The lowest BCUT2D eigenvalue weighted by Crippen LogP contribution is -2.08. The summed E-state index contributed by atoms with van der Waals surface area (Å²) < 4.78 is 6.70. The smallest absolute Gasteiger partial charge is 0.409 e. The molecule has 0 saturated heterocycles. The number of halogens is 1. The predicted molar refractivity (Wildman–Crippen MR) is 85.7 cm³/mol. The minimum Gasteiger partial charge on any atom is -0.465 e. The Morgan fingerprint density at radius 2 is 2.00 bits per heavy atom. The third-order valence-electron chi connectivity index (χ3n) is 3.20. The van der Waals surface area contributed by atoms with Crippen molar-refractivity contribution in [2.75, 3.05) is 5.32 Å². The number of rotatable bonds is 2. The van der Waals surface area contributed by atoms with Crippen molar-refractivity contribution in [2.45, 2.75) is 6.92 Å². The zero-order chi connectivity index (χ0) is 15.0. The molecule has 2 N–H and O–H groups in total. The van der Waals surface area contributed by atoms with E-state index in [0.29, 0.717) is 17.0 Å². The van der Waals surface area contributed by atoms with E-state index in [4.69, 9.17) is 9.52 Å². The van der Waals surface area contributed by atoms with E-state index in [2.05, 4.69) is 21.2 Å². The summed E-state index contributed by atoms with van der Waals surface area (Å²) in [5, 5.41) is 12.3. The first-order chi connectivity index (χ1) is 10.1. The van der Waals surface area contributed by atoms with Crippen molar-refractivity contribution >= 4 is 38.7 Å². The van der Waals surface area contributed by atoms with E-state index in [1.54, 1.807) is 12.1 Å². The number of nitrogens with one attached hydrogen (secondary N) is 1. The summed E-state index contributed by atoms with van der Waals surface area (Å²) in [7, 11) is 0. The number of hydrogen-bond acceptors (Lipinski definition) is 2. The van der Waals surface area contributed by atoms with Crippen molar-refractivity contribution in [2.24, 2.45) is 0 Å². The summed E-state index contributed by atoms with van der Waals surface area (Å²) in [5.41, 5.74) is 3.07. The Hall–Kier alpha value is -2.27. The Balaban J connectivity index is 2.21. The van der Waals surface area contributed by atoms with Crippen LogP contribution in [0.1, 0.15) is 5.56 Å². The first kappa shape index (κ1) is 13.7. The fourth-order valence-electron chi connectivity index (χ4n) is 2.26. The molecule has 0 unspecified atom stereocenters. The summed E-state index contributed by atoms with van der Waals surface area (Å²) in [4.78, 5) is 10.9. The molecule has 1 heterocycles. The summed E-state index contributed by atoms with van der Waals surface area (Å²) in [5.74, 6) is 0.611. The van der Waals surface area contributed by atoms with Gasteiger partial charge in [-0.2, -0.15) is 0 Å². The van der Waals surface area contributed by atoms with E-state index in [1.165, 1.54) is 0 Å². The van der Waals surface area contributed by atoms with Crippen LogP contribution in [0.15, 0.2) is 51.4 Å². The van der Waals surface area contributed by atoms with E-state index in [1.807, 2.05) is 37.3 Å². The number of hydrogen-bond donors (Lipinski definition) is 2. The van der Waals surface area contributed by atoms with Crippen LogP contribution in [0, 0.1) is 6.92 Å². The van der Waals surface area contributed by atoms with E-state index in [9.17, 15) is 4.79 Å². The molecule has 0 atom stereocenters. The third-order valence-corrected chi connectivity index (χ3v) is 3.98. The molecule has 2 aromatic carbocycles. The molecule has 0 radical (unpaired) electrons. The maximum Gasteiger partial charge on any atom is 0.409 e. The van der Waals surface area contributed by atoms with Crippen molar-refractivity contribution in [3.63, 3.8) is 0 Å². The fraction of sp³-hybridized carbons (Fsp3) is 0.0625. The van der Waals surface area contributed by atoms with Crippen molar-refractivity contribution in [1.29, 1.82) is 0 Å². The molecule has 0 fully saturated rings. The van der Waals surface area contributed by atoms with Gasteiger partial charge in [0.05, 0.1) is 10.2 Å².